The number of rotatable bonds is 2. The Morgan fingerprint density at radius 2 is 0.870 bits per heavy atom. The van der Waals surface area contributed by atoms with Crippen molar-refractivity contribution in [1.29, 1.82) is 0 Å². The summed E-state index contributed by atoms with van der Waals surface area (Å²) in [4.78, 5) is 0. The van der Waals surface area contributed by atoms with Gasteiger partial charge in [0.25, 0.3) is 0 Å². The van der Waals surface area contributed by atoms with Gasteiger partial charge in [0.05, 0.1) is 5.41 Å². The second kappa shape index (κ2) is 9.19. The van der Waals surface area contributed by atoms with Crippen LogP contribution in [0.4, 0.5) is 0 Å². The molecule has 1 unspecified atom stereocenters. The molecule has 0 fully saturated rings. The molecule has 1 heteroatoms. The Labute approximate surface area is 269 Å². The summed E-state index contributed by atoms with van der Waals surface area (Å²) in [5.74, 6) is 1.83. The molecule has 1 heterocycles. The molecule has 1 spiro atoms. The maximum Gasteiger partial charge on any atom is 0.132 e. The number of para-hydroxylation sites is 1. The first-order chi connectivity index (χ1) is 22.7. The molecule has 1 nitrogen and oxygen atoms in total. The summed E-state index contributed by atoms with van der Waals surface area (Å²) < 4.78 is 6.86. The fourth-order valence-corrected chi connectivity index (χ4v) is 8.99. The third kappa shape index (κ3) is 3.05. The first-order valence-corrected chi connectivity index (χ1v) is 16.1. The summed E-state index contributed by atoms with van der Waals surface area (Å²) >= 11 is 0. The molecule has 0 amide bonds. The minimum absolute atomic E-state index is 0.272. The van der Waals surface area contributed by atoms with E-state index < -0.39 is 5.41 Å². The molecule has 2 aliphatic carbocycles. The summed E-state index contributed by atoms with van der Waals surface area (Å²) in [7, 11) is 0. The number of benzene rings is 7. The topological polar surface area (TPSA) is 9.23 Å². The monoisotopic (exact) mass is 586 g/mol. The highest BCUT2D eigenvalue weighted by Gasteiger charge is 2.52. The Kier molecular flexibility index (Phi) is 5.12. The lowest BCUT2D eigenvalue weighted by Gasteiger charge is -2.41. The first kappa shape index (κ1) is 25.6. The average Bonchev–Trinajstić information content (AvgIpc) is 3.57. The highest BCUT2D eigenvalue weighted by molar-refractivity contribution is 5.98. The summed E-state index contributed by atoms with van der Waals surface area (Å²) in [6, 6.07) is 60.1. The number of fused-ring (bicyclic) bond motifs is 12. The molecule has 216 valence electrons. The average molecular weight is 587 g/mol. The normalized spacial score (nSPS) is 17.2. The van der Waals surface area contributed by atoms with Crippen molar-refractivity contribution in [3.8, 4) is 44.9 Å². The van der Waals surface area contributed by atoms with Gasteiger partial charge in [-0.25, -0.2) is 0 Å². The summed E-state index contributed by atoms with van der Waals surface area (Å²) in [6.07, 6.45) is 0. The van der Waals surface area contributed by atoms with Crippen LogP contribution in [0, 0.1) is 0 Å². The highest BCUT2D eigenvalue weighted by Crippen LogP contribution is 2.65. The van der Waals surface area contributed by atoms with Crippen molar-refractivity contribution in [3.63, 3.8) is 0 Å². The van der Waals surface area contributed by atoms with Gasteiger partial charge >= 0.3 is 0 Å². The van der Waals surface area contributed by atoms with Gasteiger partial charge < -0.3 is 4.74 Å². The molecule has 0 saturated carbocycles. The van der Waals surface area contributed by atoms with E-state index >= 15 is 0 Å². The van der Waals surface area contributed by atoms with Crippen molar-refractivity contribution in [2.45, 2.75) is 17.8 Å². The zero-order valence-electron chi connectivity index (χ0n) is 25.5. The van der Waals surface area contributed by atoms with Crippen LogP contribution in [0.15, 0.2) is 164 Å². The van der Waals surface area contributed by atoms with Crippen LogP contribution in [0.25, 0.3) is 33.4 Å². The molecule has 1 atom stereocenters. The minimum Gasteiger partial charge on any atom is -0.457 e. The largest absolute Gasteiger partial charge is 0.457 e. The summed E-state index contributed by atoms with van der Waals surface area (Å²) in [6.45, 7) is 2.39. The van der Waals surface area contributed by atoms with Crippen LogP contribution in [-0.2, 0) is 10.8 Å². The molecule has 7 aromatic rings. The number of hydrogen-bond acceptors (Lipinski definition) is 1. The third-order valence-corrected chi connectivity index (χ3v) is 10.8. The quantitative estimate of drug-likeness (QED) is 0.196. The molecule has 0 bridgehead atoms. The standard InChI is InChI=1S/C45H30O/c1-44(29-15-3-2-4-16-29)35-22-8-7-19-34(35)42-32(20-13-26-39(42)44)33-21-14-28-41-43(33)45(38-25-11-12-27-40(38)46-41)36-23-9-5-17-30(36)31-18-6-10-24-37(31)45/h2-28H,1H3. The SMILES string of the molecule is CC1(c2ccccc2)c2ccccc2-c2c(-c3cccc4c3C3(c5ccccc5O4)c4ccccc4-c4ccccc43)cccc21. The van der Waals surface area contributed by atoms with Gasteiger partial charge in [0.2, 0.25) is 0 Å². The summed E-state index contributed by atoms with van der Waals surface area (Å²) in [5.41, 5.74) is 15.9. The molecule has 0 aromatic heterocycles. The Morgan fingerprint density at radius 1 is 0.370 bits per heavy atom. The van der Waals surface area contributed by atoms with Gasteiger partial charge in [0, 0.05) is 16.5 Å². The lowest BCUT2D eigenvalue weighted by Crippen LogP contribution is -2.33. The van der Waals surface area contributed by atoms with E-state index in [1.165, 1.54) is 72.3 Å². The smallest absolute Gasteiger partial charge is 0.132 e. The van der Waals surface area contributed by atoms with Crippen molar-refractivity contribution in [2.24, 2.45) is 0 Å². The van der Waals surface area contributed by atoms with E-state index in [1.54, 1.807) is 0 Å². The van der Waals surface area contributed by atoms with E-state index in [2.05, 4.69) is 171 Å². The Bertz CT molecular complexity index is 2320. The second-order valence-electron chi connectivity index (χ2n) is 12.9. The fraction of sp³-hybridized carbons (Fsp3) is 0.0667. The maximum absolute atomic E-state index is 6.86. The van der Waals surface area contributed by atoms with Crippen molar-refractivity contribution in [1.82, 2.24) is 0 Å². The van der Waals surface area contributed by atoms with Crippen LogP contribution in [-0.4, -0.2) is 0 Å². The molecule has 0 N–H and O–H groups in total. The van der Waals surface area contributed by atoms with Crippen LogP contribution in [0.5, 0.6) is 11.5 Å². The molecule has 0 radical (unpaired) electrons. The van der Waals surface area contributed by atoms with Crippen LogP contribution in [0.1, 0.15) is 45.9 Å². The molecule has 10 rings (SSSR count). The third-order valence-electron chi connectivity index (χ3n) is 10.8. The summed E-state index contributed by atoms with van der Waals surface area (Å²) in [5, 5.41) is 0. The van der Waals surface area contributed by atoms with Crippen LogP contribution in [0.3, 0.4) is 0 Å². The van der Waals surface area contributed by atoms with Crippen molar-refractivity contribution in [2.75, 3.05) is 0 Å². The Hall–Kier alpha value is -5.66. The van der Waals surface area contributed by atoms with Crippen molar-refractivity contribution < 1.29 is 4.74 Å². The van der Waals surface area contributed by atoms with Gasteiger partial charge in [0.15, 0.2) is 0 Å². The molecule has 0 saturated heterocycles. The van der Waals surface area contributed by atoms with E-state index in [9.17, 15) is 0 Å². The molecule has 1 aliphatic heterocycles. The van der Waals surface area contributed by atoms with Crippen molar-refractivity contribution >= 4 is 0 Å². The zero-order chi connectivity index (χ0) is 30.5. The number of hydrogen-bond donors (Lipinski definition) is 0. The van der Waals surface area contributed by atoms with Gasteiger partial charge in [0.1, 0.15) is 11.5 Å². The van der Waals surface area contributed by atoms with Crippen LogP contribution >= 0.6 is 0 Å². The van der Waals surface area contributed by atoms with E-state index in [4.69, 9.17) is 4.74 Å². The molecule has 3 aliphatic rings. The lowest BCUT2D eigenvalue weighted by molar-refractivity contribution is 0.437. The fourth-order valence-electron chi connectivity index (χ4n) is 8.99. The molecule has 7 aromatic carbocycles. The first-order valence-electron chi connectivity index (χ1n) is 16.1. The highest BCUT2D eigenvalue weighted by atomic mass is 16.5. The van der Waals surface area contributed by atoms with Gasteiger partial charge in [-0.3, -0.25) is 0 Å². The molecular weight excluding hydrogens is 556 g/mol. The zero-order valence-corrected chi connectivity index (χ0v) is 25.5. The predicted octanol–water partition coefficient (Wildman–Crippen LogP) is 11.2. The van der Waals surface area contributed by atoms with E-state index in [-0.39, 0.29) is 5.41 Å². The van der Waals surface area contributed by atoms with Gasteiger partial charge in [-0.2, -0.15) is 0 Å². The van der Waals surface area contributed by atoms with Gasteiger partial charge in [-0.15, -0.1) is 0 Å². The minimum atomic E-state index is -0.530. The second-order valence-corrected chi connectivity index (χ2v) is 12.9. The number of ether oxygens (including phenoxy) is 1. The lowest BCUT2D eigenvalue weighted by atomic mass is 9.64. The Morgan fingerprint density at radius 3 is 1.61 bits per heavy atom. The van der Waals surface area contributed by atoms with Crippen molar-refractivity contribution in [3.05, 3.63) is 203 Å². The predicted molar refractivity (Wildman–Crippen MR) is 187 cm³/mol. The van der Waals surface area contributed by atoms with Crippen LogP contribution < -0.4 is 4.74 Å². The van der Waals surface area contributed by atoms with Crippen LogP contribution in [0.2, 0.25) is 0 Å². The van der Waals surface area contributed by atoms with E-state index in [0.717, 1.165) is 11.5 Å². The molecular formula is C45H30O. The van der Waals surface area contributed by atoms with Gasteiger partial charge in [-0.05, 0) is 80.3 Å². The molecule has 46 heavy (non-hydrogen) atoms. The Balaban J connectivity index is 1.34. The maximum atomic E-state index is 6.86. The van der Waals surface area contributed by atoms with E-state index in [1.807, 2.05) is 0 Å². The van der Waals surface area contributed by atoms with Gasteiger partial charge in [-0.1, -0.05) is 152 Å². The van der Waals surface area contributed by atoms with E-state index in [0.29, 0.717) is 0 Å².